The van der Waals surface area contributed by atoms with Gasteiger partial charge in [-0.15, -0.1) is 0 Å². The van der Waals surface area contributed by atoms with Crippen molar-refractivity contribution in [3.05, 3.63) is 53.8 Å². The lowest BCUT2D eigenvalue weighted by Gasteiger charge is -2.08. The Kier molecular flexibility index (Phi) is 3.43. The van der Waals surface area contributed by atoms with Crippen molar-refractivity contribution < 1.29 is 9.50 Å². The summed E-state index contributed by atoms with van der Waals surface area (Å²) in [5.41, 5.74) is 2.13. The van der Waals surface area contributed by atoms with Gasteiger partial charge in [0.05, 0.1) is 0 Å². The van der Waals surface area contributed by atoms with E-state index in [1.54, 1.807) is 24.3 Å². The monoisotopic (exact) mass is 230 g/mol. The number of aromatic hydroxyl groups is 1. The van der Waals surface area contributed by atoms with Crippen molar-refractivity contribution in [2.24, 2.45) is 0 Å². The van der Waals surface area contributed by atoms with Gasteiger partial charge in [-0.3, -0.25) is 0 Å². The highest BCUT2D eigenvalue weighted by Gasteiger charge is 2.09. The van der Waals surface area contributed by atoms with E-state index < -0.39 is 0 Å². The second-order valence-electron chi connectivity index (χ2n) is 4.08. The molecule has 0 aliphatic carbocycles. The maximum absolute atomic E-state index is 13.7. The molecule has 0 saturated carbocycles. The van der Waals surface area contributed by atoms with Crippen LogP contribution in [-0.2, 0) is 6.42 Å². The van der Waals surface area contributed by atoms with E-state index in [4.69, 9.17) is 0 Å². The summed E-state index contributed by atoms with van der Waals surface area (Å²) in [6, 6.07) is 11.9. The molecular weight excluding hydrogens is 215 g/mol. The highest BCUT2D eigenvalue weighted by atomic mass is 19.1. The van der Waals surface area contributed by atoms with Gasteiger partial charge in [0.2, 0.25) is 0 Å². The summed E-state index contributed by atoms with van der Waals surface area (Å²) in [5, 5.41) is 9.81. The number of rotatable bonds is 3. The largest absolute Gasteiger partial charge is 0.507 e. The van der Waals surface area contributed by atoms with Crippen LogP contribution in [-0.4, -0.2) is 5.11 Å². The maximum atomic E-state index is 13.7. The van der Waals surface area contributed by atoms with Crippen molar-refractivity contribution in [3.8, 4) is 16.9 Å². The Balaban J connectivity index is 2.51. The zero-order valence-electron chi connectivity index (χ0n) is 9.78. The number of hydrogen-bond donors (Lipinski definition) is 1. The Morgan fingerprint density at radius 3 is 2.53 bits per heavy atom. The van der Waals surface area contributed by atoms with E-state index in [1.807, 2.05) is 12.1 Å². The normalized spacial score (nSPS) is 10.5. The average molecular weight is 230 g/mol. The highest BCUT2D eigenvalue weighted by Crippen LogP contribution is 2.31. The molecule has 88 valence electrons. The molecule has 2 aromatic carbocycles. The molecule has 0 unspecified atom stereocenters. The average Bonchev–Trinajstić information content (AvgIpc) is 2.33. The Bertz CT molecular complexity index is 520. The predicted octanol–water partition coefficient (Wildman–Crippen LogP) is 4.15. The summed E-state index contributed by atoms with van der Waals surface area (Å²) in [5.74, 6) is -0.189. The van der Waals surface area contributed by atoms with E-state index in [2.05, 4.69) is 6.92 Å². The maximum Gasteiger partial charge on any atom is 0.131 e. The number of phenols is 1. The van der Waals surface area contributed by atoms with Crippen LogP contribution in [0.4, 0.5) is 4.39 Å². The number of benzene rings is 2. The molecule has 0 saturated heterocycles. The lowest BCUT2D eigenvalue weighted by molar-refractivity contribution is 0.476. The van der Waals surface area contributed by atoms with Gasteiger partial charge in [-0.05, 0) is 30.2 Å². The molecule has 0 aliphatic rings. The molecule has 0 aliphatic heterocycles. The van der Waals surface area contributed by atoms with E-state index >= 15 is 0 Å². The molecule has 0 spiro atoms. The summed E-state index contributed by atoms with van der Waals surface area (Å²) in [6.07, 6.45) is 1.96. The minimum absolute atomic E-state index is 0.120. The molecule has 2 aromatic rings. The molecule has 0 atom stereocenters. The molecule has 1 nitrogen and oxygen atoms in total. The highest BCUT2D eigenvalue weighted by molar-refractivity contribution is 5.71. The molecule has 17 heavy (non-hydrogen) atoms. The van der Waals surface area contributed by atoms with Crippen LogP contribution in [0.3, 0.4) is 0 Å². The third kappa shape index (κ3) is 2.47. The van der Waals surface area contributed by atoms with E-state index in [0.717, 1.165) is 18.4 Å². The summed E-state index contributed by atoms with van der Waals surface area (Å²) in [4.78, 5) is 0. The molecule has 0 aromatic heterocycles. The van der Waals surface area contributed by atoms with Gasteiger partial charge >= 0.3 is 0 Å². The molecule has 0 bridgehead atoms. The fraction of sp³-hybridized carbons (Fsp3) is 0.200. The molecule has 0 amide bonds. The smallest absolute Gasteiger partial charge is 0.131 e. The van der Waals surface area contributed by atoms with Crippen molar-refractivity contribution >= 4 is 0 Å². The summed E-state index contributed by atoms with van der Waals surface area (Å²) in [6.45, 7) is 2.09. The first-order valence-electron chi connectivity index (χ1n) is 5.79. The second-order valence-corrected chi connectivity index (χ2v) is 4.08. The molecule has 0 radical (unpaired) electrons. The van der Waals surface area contributed by atoms with Crippen molar-refractivity contribution in [1.29, 1.82) is 0 Å². The number of halogens is 1. The molecule has 0 fully saturated rings. The van der Waals surface area contributed by atoms with Crippen molar-refractivity contribution in [3.63, 3.8) is 0 Å². The van der Waals surface area contributed by atoms with Gasteiger partial charge in [0, 0.05) is 11.1 Å². The molecular formula is C15H15FO. The summed E-state index contributed by atoms with van der Waals surface area (Å²) in [7, 11) is 0. The first-order chi connectivity index (χ1) is 8.22. The lowest BCUT2D eigenvalue weighted by atomic mass is 9.99. The van der Waals surface area contributed by atoms with Gasteiger partial charge in [0.1, 0.15) is 11.6 Å². The van der Waals surface area contributed by atoms with E-state index in [-0.39, 0.29) is 11.6 Å². The van der Waals surface area contributed by atoms with E-state index in [1.165, 1.54) is 6.07 Å². The third-order valence-corrected chi connectivity index (χ3v) is 2.76. The zero-order chi connectivity index (χ0) is 12.3. The van der Waals surface area contributed by atoms with Crippen LogP contribution < -0.4 is 0 Å². The summed E-state index contributed by atoms with van der Waals surface area (Å²) < 4.78 is 13.7. The SMILES string of the molecule is CCCc1ccc(O)c(-c2ccccc2F)c1. The van der Waals surface area contributed by atoms with Crippen LogP contribution >= 0.6 is 0 Å². The molecule has 2 rings (SSSR count). The van der Waals surface area contributed by atoms with Gasteiger partial charge in [0.25, 0.3) is 0 Å². The van der Waals surface area contributed by atoms with E-state index in [9.17, 15) is 9.50 Å². The van der Waals surface area contributed by atoms with Crippen molar-refractivity contribution in [1.82, 2.24) is 0 Å². The first kappa shape index (κ1) is 11.6. The van der Waals surface area contributed by atoms with Crippen LogP contribution in [0.5, 0.6) is 5.75 Å². The van der Waals surface area contributed by atoms with Gasteiger partial charge in [-0.1, -0.05) is 37.6 Å². The van der Waals surface area contributed by atoms with Gasteiger partial charge < -0.3 is 5.11 Å². The van der Waals surface area contributed by atoms with Gasteiger partial charge in [0.15, 0.2) is 0 Å². The van der Waals surface area contributed by atoms with Gasteiger partial charge in [-0.25, -0.2) is 4.39 Å². The minimum Gasteiger partial charge on any atom is -0.507 e. The van der Waals surface area contributed by atoms with E-state index in [0.29, 0.717) is 11.1 Å². The Hall–Kier alpha value is -1.83. The second kappa shape index (κ2) is 5.00. The van der Waals surface area contributed by atoms with Crippen LogP contribution in [0, 0.1) is 5.82 Å². The number of phenolic OH excluding ortho intramolecular Hbond substituents is 1. The van der Waals surface area contributed by atoms with Gasteiger partial charge in [-0.2, -0.15) is 0 Å². The quantitative estimate of drug-likeness (QED) is 0.839. The topological polar surface area (TPSA) is 20.2 Å². The fourth-order valence-electron chi connectivity index (χ4n) is 1.92. The van der Waals surface area contributed by atoms with Crippen LogP contribution in [0.15, 0.2) is 42.5 Å². The van der Waals surface area contributed by atoms with Crippen LogP contribution in [0.2, 0.25) is 0 Å². The summed E-state index contributed by atoms with van der Waals surface area (Å²) >= 11 is 0. The zero-order valence-corrected chi connectivity index (χ0v) is 9.78. The Labute approximate surface area is 101 Å². The van der Waals surface area contributed by atoms with Crippen molar-refractivity contribution in [2.45, 2.75) is 19.8 Å². The standard InChI is InChI=1S/C15H15FO/c1-2-5-11-8-9-15(17)13(10-11)12-6-3-4-7-14(12)16/h3-4,6-10,17H,2,5H2,1H3. The Morgan fingerprint density at radius 2 is 1.82 bits per heavy atom. The fourth-order valence-corrected chi connectivity index (χ4v) is 1.92. The molecule has 2 heteroatoms. The number of aryl methyl sites for hydroxylation is 1. The predicted molar refractivity (Wildman–Crippen MR) is 67.5 cm³/mol. The third-order valence-electron chi connectivity index (χ3n) is 2.76. The van der Waals surface area contributed by atoms with Crippen molar-refractivity contribution in [2.75, 3.05) is 0 Å². The minimum atomic E-state index is -0.309. The van der Waals surface area contributed by atoms with Crippen LogP contribution in [0.1, 0.15) is 18.9 Å². The molecule has 0 heterocycles. The lowest BCUT2D eigenvalue weighted by Crippen LogP contribution is -1.88. The van der Waals surface area contributed by atoms with Crippen LogP contribution in [0.25, 0.3) is 11.1 Å². The Morgan fingerprint density at radius 1 is 1.06 bits per heavy atom. The molecule has 1 N–H and O–H groups in total. The first-order valence-corrected chi connectivity index (χ1v) is 5.79. The number of hydrogen-bond acceptors (Lipinski definition) is 1.